The van der Waals surface area contributed by atoms with Crippen LogP contribution in [0.2, 0.25) is 0 Å². The number of nitrogens with zero attached hydrogens (tertiary/aromatic N) is 1. The fourth-order valence-corrected chi connectivity index (χ4v) is 2.42. The summed E-state index contributed by atoms with van der Waals surface area (Å²) < 4.78 is 20.9. The van der Waals surface area contributed by atoms with Crippen LogP contribution in [-0.4, -0.2) is 52.5 Å². The highest BCUT2D eigenvalue weighted by atomic mass is 16.5. The molecule has 2 aromatic rings. The summed E-state index contributed by atoms with van der Waals surface area (Å²) >= 11 is 0. The topological polar surface area (TPSA) is 90.9 Å². The minimum absolute atomic E-state index is 0.169. The van der Waals surface area contributed by atoms with Crippen molar-refractivity contribution in [2.45, 2.75) is 6.42 Å². The minimum atomic E-state index is -0.169. The predicted molar refractivity (Wildman–Crippen MR) is 102 cm³/mol. The predicted octanol–water partition coefficient (Wildman–Crippen LogP) is 2.62. The number of rotatable bonds is 10. The van der Waals surface area contributed by atoms with E-state index in [9.17, 15) is 4.79 Å². The number of ether oxygens (including phenoxy) is 4. The summed E-state index contributed by atoms with van der Waals surface area (Å²) in [5.74, 6) is 2.00. The molecule has 2 rings (SSSR count). The Hall–Kier alpha value is -3.00. The SMILES string of the molecule is COCCCNC(=O)c1ccc(Nc2cc(OC)c(OC)c(OC)c2)nc1. The van der Waals surface area contributed by atoms with Crippen LogP contribution in [0.15, 0.2) is 30.5 Å². The molecule has 0 atom stereocenters. The smallest absolute Gasteiger partial charge is 0.252 e. The van der Waals surface area contributed by atoms with Gasteiger partial charge in [0.05, 0.1) is 26.9 Å². The van der Waals surface area contributed by atoms with Gasteiger partial charge in [0.2, 0.25) is 5.75 Å². The summed E-state index contributed by atoms with van der Waals surface area (Å²) in [5, 5.41) is 5.98. The molecule has 0 saturated carbocycles. The van der Waals surface area contributed by atoms with Gasteiger partial charge in [0.15, 0.2) is 11.5 Å². The number of aromatic nitrogens is 1. The van der Waals surface area contributed by atoms with E-state index >= 15 is 0 Å². The van der Waals surface area contributed by atoms with Crippen molar-refractivity contribution in [3.8, 4) is 17.2 Å². The average Bonchev–Trinajstić information content (AvgIpc) is 2.70. The number of hydrogen-bond donors (Lipinski definition) is 2. The van der Waals surface area contributed by atoms with Crippen molar-refractivity contribution in [2.75, 3.05) is 46.9 Å². The second-order valence-electron chi connectivity index (χ2n) is 5.57. The molecule has 0 spiro atoms. The monoisotopic (exact) mass is 375 g/mol. The Morgan fingerprint density at radius 2 is 1.74 bits per heavy atom. The molecular formula is C19H25N3O5. The number of methoxy groups -OCH3 is 4. The van der Waals surface area contributed by atoms with Crippen LogP contribution in [0.5, 0.6) is 17.2 Å². The second-order valence-corrected chi connectivity index (χ2v) is 5.57. The second kappa shape index (κ2) is 10.2. The first-order chi connectivity index (χ1) is 13.1. The molecule has 1 amide bonds. The molecule has 1 aromatic carbocycles. The van der Waals surface area contributed by atoms with Gasteiger partial charge in [0.25, 0.3) is 5.91 Å². The van der Waals surface area contributed by atoms with Crippen molar-refractivity contribution in [3.63, 3.8) is 0 Å². The molecule has 146 valence electrons. The van der Waals surface area contributed by atoms with Crippen LogP contribution in [0, 0.1) is 0 Å². The van der Waals surface area contributed by atoms with Gasteiger partial charge in [-0.25, -0.2) is 4.98 Å². The summed E-state index contributed by atoms with van der Waals surface area (Å²) in [6.07, 6.45) is 2.28. The van der Waals surface area contributed by atoms with Crippen LogP contribution in [-0.2, 0) is 4.74 Å². The number of hydrogen-bond acceptors (Lipinski definition) is 7. The van der Waals surface area contributed by atoms with Crippen LogP contribution in [0.4, 0.5) is 11.5 Å². The van der Waals surface area contributed by atoms with Crippen LogP contribution in [0.25, 0.3) is 0 Å². The van der Waals surface area contributed by atoms with E-state index in [1.54, 1.807) is 52.7 Å². The van der Waals surface area contributed by atoms with E-state index in [0.29, 0.717) is 47.5 Å². The van der Waals surface area contributed by atoms with Crippen LogP contribution < -0.4 is 24.8 Å². The average molecular weight is 375 g/mol. The Labute approximate surface area is 158 Å². The van der Waals surface area contributed by atoms with Crippen molar-refractivity contribution in [3.05, 3.63) is 36.0 Å². The normalized spacial score (nSPS) is 10.2. The number of amides is 1. The summed E-state index contributed by atoms with van der Waals surface area (Å²) in [4.78, 5) is 16.3. The molecule has 0 bridgehead atoms. The van der Waals surface area contributed by atoms with Crippen molar-refractivity contribution in [2.24, 2.45) is 0 Å². The number of carbonyl (C=O) groups excluding carboxylic acids is 1. The molecule has 0 fully saturated rings. The first-order valence-corrected chi connectivity index (χ1v) is 8.43. The lowest BCUT2D eigenvalue weighted by molar-refractivity contribution is 0.0948. The molecule has 0 radical (unpaired) electrons. The Morgan fingerprint density at radius 3 is 2.26 bits per heavy atom. The third kappa shape index (κ3) is 5.49. The fraction of sp³-hybridized carbons (Fsp3) is 0.368. The Kier molecular flexibility index (Phi) is 7.69. The van der Waals surface area contributed by atoms with Gasteiger partial charge in [0.1, 0.15) is 5.82 Å². The molecule has 0 saturated heterocycles. The van der Waals surface area contributed by atoms with Gasteiger partial charge in [-0.05, 0) is 18.6 Å². The molecule has 27 heavy (non-hydrogen) atoms. The maximum Gasteiger partial charge on any atom is 0.252 e. The number of benzene rings is 1. The van der Waals surface area contributed by atoms with E-state index in [4.69, 9.17) is 18.9 Å². The van der Waals surface area contributed by atoms with Crippen molar-refractivity contribution >= 4 is 17.4 Å². The van der Waals surface area contributed by atoms with Crippen LogP contribution >= 0.6 is 0 Å². The first kappa shape index (κ1) is 20.3. The zero-order valence-electron chi connectivity index (χ0n) is 16.0. The van der Waals surface area contributed by atoms with Crippen LogP contribution in [0.3, 0.4) is 0 Å². The van der Waals surface area contributed by atoms with Gasteiger partial charge in [0, 0.05) is 44.3 Å². The number of anilines is 2. The summed E-state index contributed by atoms with van der Waals surface area (Å²) in [7, 11) is 6.29. The molecule has 0 aliphatic rings. The van der Waals surface area contributed by atoms with E-state index in [-0.39, 0.29) is 5.91 Å². The summed E-state index contributed by atoms with van der Waals surface area (Å²) in [6, 6.07) is 6.99. The minimum Gasteiger partial charge on any atom is -0.493 e. The largest absolute Gasteiger partial charge is 0.493 e. The quantitative estimate of drug-likeness (QED) is 0.617. The van der Waals surface area contributed by atoms with Crippen molar-refractivity contribution < 1.29 is 23.7 Å². The number of nitrogens with one attached hydrogen (secondary N) is 2. The molecule has 1 aromatic heterocycles. The van der Waals surface area contributed by atoms with E-state index in [2.05, 4.69) is 15.6 Å². The zero-order valence-corrected chi connectivity index (χ0v) is 16.0. The summed E-state index contributed by atoms with van der Waals surface area (Å²) in [5.41, 5.74) is 1.21. The highest BCUT2D eigenvalue weighted by Crippen LogP contribution is 2.40. The number of pyridine rings is 1. The standard InChI is InChI=1S/C19H25N3O5/c1-24-9-5-8-20-19(23)13-6-7-17(21-12-13)22-14-10-15(25-2)18(27-4)16(11-14)26-3/h6-7,10-12H,5,8-9H2,1-4H3,(H,20,23)(H,21,22). The lowest BCUT2D eigenvalue weighted by Gasteiger charge is -2.15. The van der Waals surface area contributed by atoms with Gasteiger partial charge in [-0.3, -0.25) is 4.79 Å². The van der Waals surface area contributed by atoms with Crippen molar-refractivity contribution in [1.82, 2.24) is 10.3 Å². The van der Waals surface area contributed by atoms with Gasteiger partial charge >= 0.3 is 0 Å². The van der Waals surface area contributed by atoms with E-state index in [0.717, 1.165) is 6.42 Å². The molecule has 0 aliphatic heterocycles. The molecule has 8 nitrogen and oxygen atoms in total. The van der Waals surface area contributed by atoms with Gasteiger partial charge < -0.3 is 29.6 Å². The molecule has 0 aliphatic carbocycles. The van der Waals surface area contributed by atoms with Crippen LogP contribution in [0.1, 0.15) is 16.8 Å². The lowest BCUT2D eigenvalue weighted by Crippen LogP contribution is -2.25. The third-order valence-electron chi connectivity index (χ3n) is 3.77. The summed E-state index contributed by atoms with van der Waals surface area (Å²) in [6.45, 7) is 1.16. The molecule has 1 heterocycles. The van der Waals surface area contributed by atoms with Gasteiger partial charge in [-0.2, -0.15) is 0 Å². The molecular weight excluding hydrogens is 350 g/mol. The zero-order chi connectivity index (χ0) is 19.6. The van der Waals surface area contributed by atoms with E-state index in [1.807, 2.05) is 0 Å². The molecule has 2 N–H and O–H groups in total. The van der Waals surface area contributed by atoms with Gasteiger partial charge in [-0.15, -0.1) is 0 Å². The Bertz CT molecular complexity index is 725. The Morgan fingerprint density at radius 1 is 1.04 bits per heavy atom. The Balaban J connectivity index is 2.07. The van der Waals surface area contributed by atoms with E-state index < -0.39 is 0 Å². The van der Waals surface area contributed by atoms with Gasteiger partial charge in [-0.1, -0.05) is 0 Å². The van der Waals surface area contributed by atoms with Crippen molar-refractivity contribution in [1.29, 1.82) is 0 Å². The highest BCUT2D eigenvalue weighted by molar-refractivity contribution is 5.94. The molecule has 8 heteroatoms. The molecule has 0 unspecified atom stereocenters. The fourth-order valence-electron chi connectivity index (χ4n) is 2.42. The number of carbonyl (C=O) groups is 1. The third-order valence-corrected chi connectivity index (χ3v) is 3.77. The maximum atomic E-state index is 12.1. The first-order valence-electron chi connectivity index (χ1n) is 8.43. The maximum absolute atomic E-state index is 12.1. The van der Waals surface area contributed by atoms with E-state index in [1.165, 1.54) is 6.20 Å². The lowest BCUT2D eigenvalue weighted by atomic mass is 10.2. The highest BCUT2D eigenvalue weighted by Gasteiger charge is 2.13.